The van der Waals surface area contributed by atoms with Crippen LogP contribution in [0, 0.1) is 20.2 Å². The fourth-order valence-corrected chi connectivity index (χ4v) is 4.10. The normalized spacial score (nSPS) is 10.6. The molecule has 0 aliphatic rings. The second-order valence-corrected chi connectivity index (χ2v) is 8.55. The molecule has 10 nitrogen and oxygen atoms in total. The summed E-state index contributed by atoms with van der Waals surface area (Å²) in [5.74, 6) is -0.187. The molecule has 39 heavy (non-hydrogen) atoms. The summed E-state index contributed by atoms with van der Waals surface area (Å²) in [5.41, 5.74) is 3.44. The molecule has 0 fully saturated rings. The van der Waals surface area contributed by atoms with Crippen LogP contribution in [-0.4, -0.2) is 15.8 Å². The Kier molecular flexibility index (Phi) is 6.83. The minimum Gasteiger partial charge on any atom is -0.322 e. The number of non-ortho nitro benzene ring substituents is 1. The van der Waals surface area contributed by atoms with Gasteiger partial charge in [-0.1, -0.05) is 24.3 Å². The SMILES string of the molecule is O=C(Nc1cccc(-[n+]2ccc(-c3cc[n+](-c4ccc([N+](=O)[O-])cc4[N+](=O)[O-])cc3)cc2)c1)c1ccccc1. The van der Waals surface area contributed by atoms with Gasteiger partial charge in [0, 0.05) is 59.8 Å². The second-order valence-electron chi connectivity index (χ2n) is 8.55. The molecule has 0 bridgehead atoms. The Hall–Kier alpha value is -5.77. The Morgan fingerprint density at radius 3 is 1.92 bits per heavy atom. The van der Waals surface area contributed by atoms with Crippen LogP contribution in [0.5, 0.6) is 0 Å². The number of hydrogen-bond donors (Lipinski definition) is 1. The van der Waals surface area contributed by atoms with Crippen molar-refractivity contribution in [3.05, 3.63) is 148 Å². The molecular formula is C29H21N5O5+2. The van der Waals surface area contributed by atoms with E-state index >= 15 is 0 Å². The van der Waals surface area contributed by atoms with E-state index in [9.17, 15) is 25.0 Å². The van der Waals surface area contributed by atoms with Gasteiger partial charge in [0.25, 0.3) is 17.3 Å². The van der Waals surface area contributed by atoms with Gasteiger partial charge in [0.1, 0.15) is 6.07 Å². The second kappa shape index (κ2) is 10.7. The van der Waals surface area contributed by atoms with Crippen LogP contribution >= 0.6 is 0 Å². The first-order valence-electron chi connectivity index (χ1n) is 11.8. The largest absolute Gasteiger partial charge is 0.347 e. The van der Waals surface area contributed by atoms with Crippen molar-refractivity contribution in [1.82, 2.24) is 0 Å². The van der Waals surface area contributed by atoms with Crippen LogP contribution in [0.4, 0.5) is 17.1 Å². The molecule has 2 aromatic heterocycles. The average molecular weight is 520 g/mol. The summed E-state index contributed by atoms with van der Waals surface area (Å²) >= 11 is 0. The fourth-order valence-electron chi connectivity index (χ4n) is 4.10. The highest BCUT2D eigenvalue weighted by Gasteiger charge is 2.26. The number of carbonyl (C=O) groups is 1. The van der Waals surface area contributed by atoms with Gasteiger partial charge in [0.15, 0.2) is 24.8 Å². The summed E-state index contributed by atoms with van der Waals surface area (Å²) in [6.45, 7) is 0. The topological polar surface area (TPSA) is 123 Å². The molecule has 0 saturated carbocycles. The standard InChI is InChI=1S/C29H20N5O5/c35-29(23-5-2-1-3-6-23)30-24-7-4-8-25(19-24)31-15-11-21(12-16-31)22-13-17-32(18-14-22)27-10-9-26(33(36)37)20-28(27)34(38)39/h1-20H/q+1/p+1. The van der Waals surface area contributed by atoms with Crippen molar-refractivity contribution >= 4 is 23.0 Å². The smallest absolute Gasteiger partial charge is 0.322 e. The third-order valence-electron chi connectivity index (χ3n) is 6.07. The Balaban J connectivity index is 1.34. The number of hydrogen-bond acceptors (Lipinski definition) is 5. The lowest BCUT2D eigenvalue weighted by molar-refractivity contribution is -0.600. The van der Waals surface area contributed by atoms with Crippen LogP contribution in [0.1, 0.15) is 10.4 Å². The number of anilines is 1. The van der Waals surface area contributed by atoms with E-state index in [4.69, 9.17) is 0 Å². The maximum Gasteiger partial charge on any atom is 0.347 e. The molecule has 0 unspecified atom stereocenters. The van der Waals surface area contributed by atoms with Gasteiger partial charge in [-0.3, -0.25) is 25.0 Å². The first kappa shape index (κ1) is 24.9. The molecule has 2 heterocycles. The van der Waals surface area contributed by atoms with Crippen molar-refractivity contribution in [3.63, 3.8) is 0 Å². The lowest BCUT2D eigenvalue weighted by Crippen LogP contribution is -2.30. The zero-order valence-electron chi connectivity index (χ0n) is 20.4. The molecule has 1 amide bonds. The lowest BCUT2D eigenvalue weighted by atomic mass is 10.1. The van der Waals surface area contributed by atoms with Crippen molar-refractivity contribution in [3.8, 4) is 22.5 Å². The summed E-state index contributed by atoms with van der Waals surface area (Å²) in [5, 5.41) is 25.4. The molecule has 1 N–H and O–H groups in total. The first-order valence-corrected chi connectivity index (χ1v) is 11.8. The fraction of sp³-hybridized carbons (Fsp3) is 0. The molecule has 0 aliphatic carbocycles. The summed E-state index contributed by atoms with van der Waals surface area (Å²) in [6.07, 6.45) is 7.14. The van der Waals surface area contributed by atoms with Crippen molar-refractivity contribution in [1.29, 1.82) is 0 Å². The predicted molar refractivity (Wildman–Crippen MR) is 143 cm³/mol. The number of nitro benzene ring substituents is 2. The monoisotopic (exact) mass is 519 g/mol. The maximum absolute atomic E-state index is 12.5. The summed E-state index contributed by atoms with van der Waals surface area (Å²) < 4.78 is 3.47. The molecule has 5 aromatic rings. The van der Waals surface area contributed by atoms with E-state index in [2.05, 4.69) is 5.32 Å². The van der Waals surface area contributed by atoms with Crippen LogP contribution in [-0.2, 0) is 0 Å². The third-order valence-corrected chi connectivity index (χ3v) is 6.07. The van der Waals surface area contributed by atoms with E-state index in [-0.39, 0.29) is 23.0 Å². The molecule has 3 aromatic carbocycles. The van der Waals surface area contributed by atoms with Crippen LogP contribution in [0.25, 0.3) is 22.5 Å². The van der Waals surface area contributed by atoms with Gasteiger partial charge >= 0.3 is 5.69 Å². The average Bonchev–Trinajstić information content (AvgIpc) is 2.97. The van der Waals surface area contributed by atoms with Crippen molar-refractivity contribution in [2.75, 3.05) is 5.32 Å². The molecule has 0 saturated heterocycles. The van der Waals surface area contributed by atoms with E-state index in [1.807, 2.05) is 83.7 Å². The van der Waals surface area contributed by atoms with Gasteiger partial charge in [0.05, 0.1) is 9.85 Å². The zero-order valence-corrected chi connectivity index (χ0v) is 20.4. The van der Waals surface area contributed by atoms with Gasteiger partial charge in [-0.15, -0.1) is 0 Å². The number of nitrogens with zero attached hydrogens (tertiary/aromatic N) is 4. The van der Waals surface area contributed by atoms with Crippen LogP contribution in [0.2, 0.25) is 0 Å². The molecule has 0 aliphatic heterocycles. The van der Waals surface area contributed by atoms with Crippen LogP contribution < -0.4 is 14.5 Å². The minimum absolute atomic E-state index is 0.187. The number of pyridine rings is 2. The molecule has 0 atom stereocenters. The first-order chi connectivity index (χ1) is 18.9. The Morgan fingerprint density at radius 1 is 0.667 bits per heavy atom. The van der Waals surface area contributed by atoms with E-state index in [1.165, 1.54) is 12.1 Å². The maximum atomic E-state index is 12.5. The van der Waals surface area contributed by atoms with Crippen molar-refractivity contribution in [2.24, 2.45) is 0 Å². The zero-order chi connectivity index (χ0) is 27.4. The lowest BCUT2D eigenvalue weighted by Gasteiger charge is -2.06. The molecule has 190 valence electrons. The quantitative estimate of drug-likeness (QED) is 0.185. The van der Waals surface area contributed by atoms with Crippen molar-refractivity contribution < 1.29 is 23.8 Å². The van der Waals surface area contributed by atoms with Gasteiger partial charge < -0.3 is 5.32 Å². The van der Waals surface area contributed by atoms with E-state index in [1.54, 1.807) is 29.1 Å². The number of carbonyl (C=O) groups excluding carboxylic acids is 1. The molecular weight excluding hydrogens is 498 g/mol. The highest BCUT2D eigenvalue weighted by atomic mass is 16.6. The Bertz CT molecular complexity index is 1690. The molecule has 10 heteroatoms. The van der Waals surface area contributed by atoms with Crippen LogP contribution in [0.15, 0.2) is 122 Å². The number of aromatic nitrogens is 2. The number of nitrogens with one attached hydrogen (secondary N) is 1. The highest BCUT2D eigenvalue weighted by molar-refractivity contribution is 6.04. The molecule has 0 spiro atoms. The number of amides is 1. The predicted octanol–water partition coefficient (Wildman–Crippen LogP) is 4.98. The van der Waals surface area contributed by atoms with Crippen LogP contribution in [0.3, 0.4) is 0 Å². The Morgan fingerprint density at radius 2 is 1.31 bits per heavy atom. The minimum atomic E-state index is -0.663. The van der Waals surface area contributed by atoms with Gasteiger partial charge in [-0.2, -0.15) is 9.13 Å². The Labute approximate surface area is 222 Å². The number of benzene rings is 3. The van der Waals surface area contributed by atoms with Gasteiger partial charge in [-0.05, 0) is 29.3 Å². The summed E-state index contributed by atoms with van der Waals surface area (Å²) in [7, 11) is 0. The van der Waals surface area contributed by atoms with Gasteiger partial charge in [0.2, 0.25) is 5.69 Å². The number of rotatable bonds is 7. The van der Waals surface area contributed by atoms with Crippen molar-refractivity contribution in [2.45, 2.75) is 0 Å². The van der Waals surface area contributed by atoms with E-state index < -0.39 is 9.85 Å². The highest BCUT2D eigenvalue weighted by Crippen LogP contribution is 2.25. The number of nitro groups is 2. The molecule has 5 rings (SSSR count). The van der Waals surface area contributed by atoms with E-state index in [0.29, 0.717) is 11.3 Å². The van der Waals surface area contributed by atoms with E-state index in [0.717, 1.165) is 22.9 Å². The summed E-state index contributed by atoms with van der Waals surface area (Å²) in [4.78, 5) is 33.7. The third kappa shape index (κ3) is 5.49. The molecule has 0 radical (unpaired) electrons. The van der Waals surface area contributed by atoms with Gasteiger partial charge in [-0.25, -0.2) is 0 Å². The summed E-state index contributed by atoms with van der Waals surface area (Å²) in [6, 6.07) is 27.5.